The predicted molar refractivity (Wildman–Crippen MR) is 144 cm³/mol. The van der Waals surface area contributed by atoms with Crippen molar-refractivity contribution in [1.29, 1.82) is 0 Å². The number of alkyl carbamates (subject to hydrolysis) is 1. The summed E-state index contributed by atoms with van der Waals surface area (Å²) in [5.41, 5.74) is -0.143. The van der Waals surface area contributed by atoms with Crippen molar-refractivity contribution in [1.82, 2.24) is 19.9 Å². The monoisotopic (exact) mass is 591 g/mol. The smallest absolute Gasteiger partial charge is 0.407 e. The zero-order valence-electron chi connectivity index (χ0n) is 23.6. The number of ether oxygens (including phenoxy) is 4. The van der Waals surface area contributed by atoms with Gasteiger partial charge in [-0.25, -0.2) is 32.3 Å². The number of halogens is 3. The molecule has 1 aliphatic heterocycles. The van der Waals surface area contributed by atoms with Gasteiger partial charge in [0.25, 0.3) is 6.43 Å². The molecule has 2 aliphatic rings. The number of hydrogen-bond donors (Lipinski definition) is 1. The van der Waals surface area contributed by atoms with Crippen LogP contribution in [-0.4, -0.2) is 70.1 Å². The quantitative estimate of drug-likeness (QED) is 0.378. The van der Waals surface area contributed by atoms with Gasteiger partial charge in [-0.15, -0.1) is 0 Å². The number of rotatable bonds is 8. The lowest BCUT2D eigenvalue weighted by Crippen LogP contribution is -2.50. The zero-order chi connectivity index (χ0) is 30.2. The third kappa shape index (κ3) is 6.31. The van der Waals surface area contributed by atoms with Gasteiger partial charge in [0.05, 0.1) is 19.0 Å². The Balaban J connectivity index is 1.38. The van der Waals surface area contributed by atoms with Crippen molar-refractivity contribution in [3.63, 3.8) is 0 Å². The highest BCUT2D eigenvalue weighted by molar-refractivity contribution is 5.96. The van der Waals surface area contributed by atoms with E-state index in [-0.39, 0.29) is 54.7 Å². The van der Waals surface area contributed by atoms with E-state index in [4.69, 9.17) is 18.9 Å². The molecule has 0 bridgehead atoms. The van der Waals surface area contributed by atoms with E-state index in [2.05, 4.69) is 15.4 Å². The van der Waals surface area contributed by atoms with Crippen molar-refractivity contribution < 1.29 is 41.7 Å². The Morgan fingerprint density at radius 1 is 1.24 bits per heavy atom. The maximum Gasteiger partial charge on any atom is 0.407 e. The van der Waals surface area contributed by atoms with Gasteiger partial charge >= 0.3 is 12.1 Å². The molecule has 0 saturated heterocycles. The van der Waals surface area contributed by atoms with Crippen LogP contribution in [-0.2, 0) is 16.0 Å². The molecular weight excluding hydrogens is 559 g/mol. The highest BCUT2D eigenvalue weighted by atomic mass is 19.3. The summed E-state index contributed by atoms with van der Waals surface area (Å²) in [6.45, 7) is 6.56. The number of nitrogens with zero attached hydrogens (tertiary/aromatic N) is 4. The second-order valence-corrected chi connectivity index (χ2v) is 11.1. The van der Waals surface area contributed by atoms with Gasteiger partial charge in [0.15, 0.2) is 17.2 Å². The molecule has 1 aliphatic carbocycles. The van der Waals surface area contributed by atoms with E-state index in [1.54, 1.807) is 27.7 Å². The molecule has 2 aromatic heterocycles. The van der Waals surface area contributed by atoms with Crippen molar-refractivity contribution in [3.8, 4) is 11.5 Å². The highest BCUT2D eigenvalue weighted by Crippen LogP contribution is 2.38. The van der Waals surface area contributed by atoms with Crippen molar-refractivity contribution >= 4 is 23.5 Å². The van der Waals surface area contributed by atoms with Gasteiger partial charge in [-0.2, -0.15) is 5.10 Å². The summed E-state index contributed by atoms with van der Waals surface area (Å²) in [7, 11) is 0. The molecule has 1 amide bonds. The molecule has 0 unspecified atom stereocenters. The maximum atomic E-state index is 14.4. The van der Waals surface area contributed by atoms with Gasteiger partial charge in [-0.1, -0.05) is 0 Å². The molecule has 42 heavy (non-hydrogen) atoms. The Morgan fingerprint density at radius 3 is 2.69 bits per heavy atom. The molecule has 14 heteroatoms. The van der Waals surface area contributed by atoms with Crippen LogP contribution < -0.4 is 19.7 Å². The van der Waals surface area contributed by atoms with Gasteiger partial charge < -0.3 is 29.2 Å². The molecular formula is C28H32F3N5O6. The molecule has 1 saturated carbocycles. The van der Waals surface area contributed by atoms with Crippen molar-refractivity contribution in [3.05, 3.63) is 47.5 Å². The molecule has 3 aromatic rings. The van der Waals surface area contributed by atoms with E-state index < -0.39 is 35.9 Å². The van der Waals surface area contributed by atoms with E-state index in [1.165, 1.54) is 40.0 Å². The van der Waals surface area contributed by atoms with E-state index in [0.29, 0.717) is 24.2 Å². The third-order valence-corrected chi connectivity index (χ3v) is 6.78. The number of amides is 1. The van der Waals surface area contributed by atoms with E-state index in [9.17, 15) is 22.8 Å². The van der Waals surface area contributed by atoms with Crippen LogP contribution in [0.5, 0.6) is 11.5 Å². The number of alkyl halides is 2. The standard InChI is InChI=1S/C28H32F3N5O6/c1-5-39-26(37)19-11-32-36-13-22-25(34-24(19)36)35(20(14-40-22)23(30)31)12-15-8-16(29)6-7-21(15)41-18-9-17(10-18)33-27(38)42-28(2,3)4/h6-8,11,13,17-18,20,23H,5,9-10,12,14H2,1-4H3,(H,33,38)/t17-,18+,20-/m0/s1. The first-order chi connectivity index (χ1) is 19.9. The number of hydrogen-bond acceptors (Lipinski definition) is 9. The average molecular weight is 592 g/mol. The summed E-state index contributed by atoms with van der Waals surface area (Å²) < 4.78 is 66.3. The minimum atomic E-state index is -2.82. The number of anilines is 1. The van der Waals surface area contributed by atoms with E-state index in [1.807, 2.05) is 0 Å². The molecule has 1 fully saturated rings. The minimum absolute atomic E-state index is 0.0468. The summed E-state index contributed by atoms with van der Waals surface area (Å²) in [5.74, 6) is -0.691. The fourth-order valence-corrected chi connectivity index (χ4v) is 4.77. The van der Waals surface area contributed by atoms with Crippen LogP contribution in [0.15, 0.2) is 30.6 Å². The first-order valence-corrected chi connectivity index (χ1v) is 13.6. The van der Waals surface area contributed by atoms with Crippen molar-refractivity contribution in [2.45, 2.75) is 77.3 Å². The number of aromatic nitrogens is 3. The number of fused-ring (bicyclic) bond motifs is 2. The number of benzene rings is 1. The van der Waals surface area contributed by atoms with Gasteiger partial charge in [0.2, 0.25) is 0 Å². The lowest BCUT2D eigenvalue weighted by Gasteiger charge is -2.38. The summed E-state index contributed by atoms with van der Waals surface area (Å²) in [4.78, 5) is 30.3. The fraction of sp³-hybridized carbons (Fsp3) is 0.500. The third-order valence-electron chi connectivity index (χ3n) is 6.78. The number of nitrogens with one attached hydrogen (secondary N) is 1. The minimum Gasteiger partial charge on any atom is -0.490 e. The van der Waals surface area contributed by atoms with Gasteiger partial charge in [-0.3, -0.25) is 0 Å². The van der Waals surface area contributed by atoms with Gasteiger partial charge in [0.1, 0.15) is 41.5 Å². The largest absolute Gasteiger partial charge is 0.490 e. The van der Waals surface area contributed by atoms with Gasteiger partial charge in [-0.05, 0) is 45.9 Å². The lowest BCUT2D eigenvalue weighted by molar-refractivity contribution is 0.0358. The van der Waals surface area contributed by atoms with Gasteiger partial charge in [0, 0.05) is 31.0 Å². The first kappa shape index (κ1) is 29.3. The van der Waals surface area contributed by atoms with Crippen LogP contribution in [0, 0.1) is 5.82 Å². The summed E-state index contributed by atoms with van der Waals surface area (Å²) in [6.07, 6.45) is 0.0838. The predicted octanol–water partition coefficient (Wildman–Crippen LogP) is 4.51. The number of carbonyl (C=O) groups excluding carboxylic acids is 2. The SMILES string of the molecule is CCOC(=O)c1cnn2cc3c(nc12)N(Cc1cc(F)ccc1O[C@H]1C[C@@H](NC(=O)OC(C)(C)C)C1)[C@H](C(F)F)CO3. The molecule has 1 atom stereocenters. The summed E-state index contributed by atoms with van der Waals surface area (Å²) in [6, 6.07) is 2.34. The number of esters is 1. The number of carbonyl (C=O) groups is 2. The van der Waals surface area contributed by atoms with E-state index >= 15 is 0 Å². The molecule has 1 N–H and O–H groups in total. The molecule has 3 heterocycles. The molecule has 1 aromatic carbocycles. The molecule has 226 valence electrons. The maximum absolute atomic E-state index is 14.4. The molecule has 5 rings (SSSR count). The zero-order valence-corrected chi connectivity index (χ0v) is 23.6. The highest BCUT2D eigenvalue weighted by Gasteiger charge is 2.38. The first-order valence-electron chi connectivity index (χ1n) is 13.6. The Morgan fingerprint density at radius 2 is 2.00 bits per heavy atom. The van der Waals surface area contributed by atoms with Crippen LogP contribution in [0.2, 0.25) is 0 Å². The second kappa shape index (κ2) is 11.6. The Bertz CT molecular complexity index is 1470. The van der Waals surface area contributed by atoms with Crippen molar-refractivity contribution in [2.24, 2.45) is 0 Å². The van der Waals surface area contributed by atoms with Crippen LogP contribution in [0.1, 0.15) is 56.5 Å². The molecule has 11 nitrogen and oxygen atoms in total. The Labute approximate surface area is 239 Å². The van der Waals surface area contributed by atoms with Crippen LogP contribution in [0.3, 0.4) is 0 Å². The van der Waals surface area contributed by atoms with Crippen LogP contribution in [0.25, 0.3) is 5.65 Å². The second-order valence-electron chi connectivity index (χ2n) is 11.1. The normalized spacial score (nSPS) is 20.0. The topological polar surface area (TPSA) is 117 Å². The van der Waals surface area contributed by atoms with Crippen LogP contribution >= 0.6 is 0 Å². The van der Waals surface area contributed by atoms with Crippen molar-refractivity contribution in [2.75, 3.05) is 18.1 Å². The average Bonchev–Trinajstić information content (AvgIpc) is 3.29. The summed E-state index contributed by atoms with van der Waals surface area (Å²) >= 11 is 0. The van der Waals surface area contributed by atoms with Crippen LogP contribution in [0.4, 0.5) is 23.8 Å². The Hall–Kier alpha value is -4.23. The lowest BCUT2D eigenvalue weighted by atomic mass is 9.89. The molecule has 0 radical (unpaired) electrons. The molecule has 0 spiro atoms. The fourth-order valence-electron chi connectivity index (χ4n) is 4.77. The van der Waals surface area contributed by atoms with E-state index in [0.717, 1.165) is 0 Å². The summed E-state index contributed by atoms with van der Waals surface area (Å²) in [5, 5.41) is 6.90. The Kier molecular flexibility index (Phi) is 8.06.